The molecule has 0 aromatic carbocycles. The van der Waals surface area contributed by atoms with Crippen molar-refractivity contribution in [3.05, 3.63) is 36.5 Å². The Morgan fingerprint density at radius 1 is 1.67 bits per heavy atom. The smallest absolute Gasteiger partial charge is 0.330 e. The van der Waals surface area contributed by atoms with Crippen molar-refractivity contribution in [2.24, 2.45) is 0 Å². The number of rotatable bonds is 5. The van der Waals surface area contributed by atoms with Crippen LogP contribution in [0.5, 0.6) is 0 Å². The van der Waals surface area contributed by atoms with Crippen molar-refractivity contribution in [1.29, 1.82) is 0 Å². The highest BCUT2D eigenvalue weighted by molar-refractivity contribution is 7.80. The van der Waals surface area contributed by atoms with E-state index in [0.29, 0.717) is 6.61 Å². The molecule has 0 aromatic heterocycles. The second-order valence-corrected chi connectivity index (χ2v) is 3.72. The van der Waals surface area contributed by atoms with E-state index in [2.05, 4.69) is 6.58 Å². The van der Waals surface area contributed by atoms with Gasteiger partial charge in [-0.3, -0.25) is 0 Å². The first-order chi connectivity index (χ1) is 7.24. The lowest BCUT2D eigenvalue weighted by Gasteiger charge is -2.10. The molecule has 80 valence electrons. The molecule has 0 saturated heterocycles. The summed E-state index contributed by atoms with van der Waals surface area (Å²) in [7, 11) is 0. The number of allylic oxidation sites excluding steroid dienone is 4. The van der Waals surface area contributed by atoms with E-state index in [1.807, 2.05) is 18.2 Å². The lowest BCUT2D eigenvalue weighted by atomic mass is 10.0. The van der Waals surface area contributed by atoms with Gasteiger partial charge in [0.05, 0.1) is 6.61 Å². The van der Waals surface area contributed by atoms with E-state index in [1.54, 1.807) is 0 Å². The number of hydrogen-bond donors (Lipinski definition) is 0. The van der Waals surface area contributed by atoms with Crippen molar-refractivity contribution in [2.75, 3.05) is 6.61 Å². The van der Waals surface area contributed by atoms with Gasteiger partial charge in [-0.1, -0.05) is 37.0 Å². The molecule has 0 fully saturated rings. The van der Waals surface area contributed by atoms with E-state index in [1.165, 1.54) is 11.6 Å². The maximum absolute atomic E-state index is 10.7. The molecule has 0 radical (unpaired) electrons. The molecule has 0 bridgehead atoms. The fourth-order valence-electron chi connectivity index (χ4n) is 1.30. The number of carbonyl (C=O) groups is 1. The van der Waals surface area contributed by atoms with E-state index >= 15 is 0 Å². The van der Waals surface area contributed by atoms with Gasteiger partial charge in [0, 0.05) is 17.4 Å². The number of thiocarbonyl (C=S) groups is 1. The van der Waals surface area contributed by atoms with E-state index in [4.69, 9.17) is 17.0 Å². The van der Waals surface area contributed by atoms with Gasteiger partial charge < -0.3 is 4.74 Å². The quantitative estimate of drug-likeness (QED) is 0.310. The van der Waals surface area contributed by atoms with Gasteiger partial charge >= 0.3 is 5.97 Å². The Morgan fingerprint density at radius 3 is 3.13 bits per heavy atom. The minimum Gasteiger partial charge on any atom is -0.463 e. The maximum Gasteiger partial charge on any atom is 0.330 e. The number of carbonyl (C=O) groups excluding carboxylic acids is 1. The predicted molar refractivity (Wildman–Crippen MR) is 64.8 cm³/mol. The second-order valence-electron chi connectivity index (χ2n) is 3.22. The molecule has 2 nitrogen and oxygen atoms in total. The van der Waals surface area contributed by atoms with Gasteiger partial charge in [0.25, 0.3) is 0 Å². The summed E-state index contributed by atoms with van der Waals surface area (Å²) < 4.78 is 4.87. The van der Waals surface area contributed by atoms with Gasteiger partial charge in [-0.25, -0.2) is 4.79 Å². The molecular formula is C12H14O2S. The van der Waals surface area contributed by atoms with Gasteiger partial charge in [0.1, 0.15) is 0 Å². The fraction of sp³-hybridized carbons (Fsp3) is 0.333. The number of ether oxygens (including phenoxy) is 1. The Balaban J connectivity index is 2.22. The van der Waals surface area contributed by atoms with Crippen LogP contribution in [-0.4, -0.2) is 17.4 Å². The molecule has 0 aliphatic heterocycles. The number of esters is 1. The highest BCUT2D eigenvalue weighted by atomic mass is 32.1. The molecule has 0 saturated carbocycles. The van der Waals surface area contributed by atoms with Crippen LogP contribution in [0.2, 0.25) is 0 Å². The molecule has 0 N–H and O–H groups in total. The molecule has 0 heterocycles. The van der Waals surface area contributed by atoms with Crippen molar-refractivity contribution in [2.45, 2.75) is 19.3 Å². The monoisotopic (exact) mass is 222 g/mol. The van der Waals surface area contributed by atoms with Crippen LogP contribution < -0.4 is 0 Å². The zero-order valence-electron chi connectivity index (χ0n) is 8.57. The maximum atomic E-state index is 10.7. The lowest BCUT2D eigenvalue weighted by Crippen LogP contribution is -2.05. The first-order valence-corrected chi connectivity index (χ1v) is 5.33. The predicted octanol–water partition coefficient (Wildman–Crippen LogP) is 2.75. The first-order valence-electron chi connectivity index (χ1n) is 4.92. The Kier molecular flexibility index (Phi) is 4.98. The molecule has 3 heteroatoms. The van der Waals surface area contributed by atoms with E-state index in [0.717, 1.165) is 24.1 Å². The van der Waals surface area contributed by atoms with Crippen molar-refractivity contribution in [1.82, 2.24) is 0 Å². The number of hydrogen-bond acceptors (Lipinski definition) is 3. The van der Waals surface area contributed by atoms with Crippen LogP contribution in [0.15, 0.2) is 36.5 Å². The average molecular weight is 222 g/mol. The fourth-order valence-corrected chi connectivity index (χ4v) is 1.57. The summed E-state index contributed by atoms with van der Waals surface area (Å²) in [6.07, 6.45) is 9.79. The largest absolute Gasteiger partial charge is 0.463 e. The van der Waals surface area contributed by atoms with E-state index in [-0.39, 0.29) is 5.97 Å². The van der Waals surface area contributed by atoms with Crippen LogP contribution >= 0.6 is 12.2 Å². The van der Waals surface area contributed by atoms with Crippen molar-refractivity contribution >= 4 is 23.1 Å². The van der Waals surface area contributed by atoms with Crippen LogP contribution in [0.25, 0.3) is 0 Å². The summed E-state index contributed by atoms with van der Waals surface area (Å²) >= 11 is 5.21. The SMILES string of the molecule is C=CC(=O)OCCCC1=CC=CCC1=S. The summed E-state index contributed by atoms with van der Waals surface area (Å²) in [6.45, 7) is 3.75. The molecule has 0 spiro atoms. The van der Waals surface area contributed by atoms with Crippen LogP contribution in [0, 0.1) is 0 Å². The topological polar surface area (TPSA) is 26.3 Å². The molecule has 1 aliphatic rings. The molecule has 0 amide bonds. The minimum atomic E-state index is -0.366. The Bertz CT molecular complexity index is 327. The molecule has 0 atom stereocenters. The summed E-state index contributed by atoms with van der Waals surface area (Å²) in [5.74, 6) is -0.366. The first kappa shape index (κ1) is 11.9. The van der Waals surface area contributed by atoms with Gasteiger partial charge in [-0.15, -0.1) is 0 Å². The highest BCUT2D eigenvalue weighted by Crippen LogP contribution is 2.15. The molecule has 1 aliphatic carbocycles. The Hall–Kier alpha value is -1.22. The standard InChI is InChI=1S/C12H14O2S/c1-2-12(13)14-9-5-7-10-6-3-4-8-11(10)15/h2-4,6H,1,5,7-9H2. The average Bonchev–Trinajstić information content (AvgIpc) is 2.26. The van der Waals surface area contributed by atoms with Crippen molar-refractivity contribution < 1.29 is 9.53 Å². The van der Waals surface area contributed by atoms with Crippen LogP contribution in [0.1, 0.15) is 19.3 Å². The summed E-state index contributed by atoms with van der Waals surface area (Å²) in [5, 5.41) is 0. The summed E-state index contributed by atoms with van der Waals surface area (Å²) in [6, 6.07) is 0. The molecular weight excluding hydrogens is 208 g/mol. The van der Waals surface area contributed by atoms with Crippen LogP contribution in [0.4, 0.5) is 0 Å². The molecule has 0 aromatic rings. The van der Waals surface area contributed by atoms with Crippen molar-refractivity contribution in [3.63, 3.8) is 0 Å². The van der Waals surface area contributed by atoms with E-state index < -0.39 is 0 Å². The molecule has 1 rings (SSSR count). The zero-order valence-corrected chi connectivity index (χ0v) is 9.39. The van der Waals surface area contributed by atoms with E-state index in [9.17, 15) is 4.79 Å². The molecule has 0 unspecified atom stereocenters. The summed E-state index contributed by atoms with van der Waals surface area (Å²) in [5.41, 5.74) is 1.18. The van der Waals surface area contributed by atoms with Gasteiger partial charge in [0.2, 0.25) is 0 Å². The zero-order chi connectivity index (χ0) is 11.1. The normalized spacial score (nSPS) is 14.7. The lowest BCUT2D eigenvalue weighted by molar-refractivity contribution is -0.137. The third-order valence-electron chi connectivity index (χ3n) is 2.10. The van der Waals surface area contributed by atoms with Crippen LogP contribution in [0.3, 0.4) is 0 Å². The van der Waals surface area contributed by atoms with Gasteiger partial charge in [-0.2, -0.15) is 0 Å². The van der Waals surface area contributed by atoms with Crippen molar-refractivity contribution in [3.8, 4) is 0 Å². The van der Waals surface area contributed by atoms with Crippen LogP contribution in [-0.2, 0) is 9.53 Å². The Morgan fingerprint density at radius 2 is 2.47 bits per heavy atom. The second kappa shape index (κ2) is 6.30. The third-order valence-corrected chi connectivity index (χ3v) is 2.53. The van der Waals surface area contributed by atoms with Gasteiger partial charge in [-0.05, 0) is 18.4 Å². The minimum absolute atomic E-state index is 0.366. The van der Waals surface area contributed by atoms with Gasteiger partial charge in [0.15, 0.2) is 0 Å². The molecule has 15 heavy (non-hydrogen) atoms. The summed E-state index contributed by atoms with van der Waals surface area (Å²) in [4.78, 5) is 11.7. The Labute approximate surface area is 95.3 Å². The highest BCUT2D eigenvalue weighted by Gasteiger charge is 2.06. The third kappa shape index (κ3) is 4.21.